The summed E-state index contributed by atoms with van der Waals surface area (Å²) in [5.74, 6) is 0.339. The molecule has 0 unspecified atom stereocenters. The van der Waals surface area contributed by atoms with Gasteiger partial charge in [0.15, 0.2) is 0 Å². The van der Waals surface area contributed by atoms with Crippen LogP contribution < -0.4 is 5.32 Å². The number of pyridine rings is 1. The number of aromatic nitrogens is 1. The first-order valence-electron chi connectivity index (χ1n) is 8.73. The minimum Gasteiger partial charge on any atom is -0.326 e. The largest absolute Gasteiger partial charge is 0.326 e. The molecule has 0 saturated heterocycles. The van der Waals surface area contributed by atoms with Crippen molar-refractivity contribution in [2.45, 2.75) is 39.0 Å². The molecule has 24 heavy (non-hydrogen) atoms. The van der Waals surface area contributed by atoms with Crippen LogP contribution in [-0.4, -0.2) is 10.9 Å². The monoisotopic (exact) mass is 320 g/mol. The summed E-state index contributed by atoms with van der Waals surface area (Å²) >= 11 is 0. The van der Waals surface area contributed by atoms with Crippen molar-refractivity contribution in [3.05, 3.63) is 59.4 Å². The van der Waals surface area contributed by atoms with Gasteiger partial charge in [-0.2, -0.15) is 0 Å². The Balaban J connectivity index is 1.66. The molecule has 2 aromatic rings. The number of rotatable bonds is 4. The summed E-state index contributed by atoms with van der Waals surface area (Å²) in [6, 6.07) is 13.9. The van der Waals surface area contributed by atoms with Gasteiger partial charge in [0, 0.05) is 17.3 Å². The van der Waals surface area contributed by atoms with Crippen LogP contribution in [0.4, 0.5) is 5.69 Å². The van der Waals surface area contributed by atoms with Gasteiger partial charge >= 0.3 is 0 Å². The van der Waals surface area contributed by atoms with Crippen LogP contribution in [0.25, 0.3) is 12.2 Å². The van der Waals surface area contributed by atoms with Gasteiger partial charge in [0.05, 0.1) is 5.69 Å². The number of nitrogens with zero attached hydrogens (tertiary/aromatic N) is 1. The lowest BCUT2D eigenvalue weighted by atomic mass is 9.88. The van der Waals surface area contributed by atoms with Crippen molar-refractivity contribution in [3.63, 3.8) is 0 Å². The van der Waals surface area contributed by atoms with Crippen LogP contribution in [0.15, 0.2) is 42.5 Å². The Morgan fingerprint density at radius 1 is 1.08 bits per heavy atom. The second-order valence-corrected chi connectivity index (χ2v) is 6.49. The van der Waals surface area contributed by atoms with Crippen molar-refractivity contribution in [2.24, 2.45) is 5.92 Å². The molecule has 0 radical (unpaired) electrons. The van der Waals surface area contributed by atoms with Crippen LogP contribution in [-0.2, 0) is 4.79 Å². The number of anilines is 1. The van der Waals surface area contributed by atoms with E-state index in [9.17, 15) is 4.79 Å². The lowest BCUT2D eigenvalue weighted by Crippen LogP contribution is -2.24. The minimum atomic E-state index is 0.163. The van der Waals surface area contributed by atoms with Crippen molar-refractivity contribution in [1.82, 2.24) is 4.98 Å². The molecular formula is C21H24N2O. The molecule has 3 heteroatoms. The zero-order valence-corrected chi connectivity index (χ0v) is 14.2. The van der Waals surface area contributed by atoms with E-state index in [1.165, 1.54) is 19.3 Å². The molecule has 1 fully saturated rings. The molecule has 124 valence electrons. The molecule has 1 amide bonds. The summed E-state index contributed by atoms with van der Waals surface area (Å²) in [6.07, 6.45) is 9.66. The van der Waals surface area contributed by atoms with Gasteiger partial charge < -0.3 is 5.32 Å². The smallest absolute Gasteiger partial charge is 0.227 e. The van der Waals surface area contributed by atoms with E-state index in [0.29, 0.717) is 0 Å². The van der Waals surface area contributed by atoms with Crippen molar-refractivity contribution >= 4 is 23.7 Å². The minimum absolute atomic E-state index is 0.163. The Morgan fingerprint density at radius 3 is 2.67 bits per heavy atom. The number of nitrogens with one attached hydrogen (secondary N) is 1. The fraction of sp³-hybridized carbons (Fsp3) is 0.333. The highest BCUT2D eigenvalue weighted by molar-refractivity contribution is 5.93. The fourth-order valence-electron chi connectivity index (χ4n) is 3.17. The van der Waals surface area contributed by atoms with Crippen LogP contribution in [0.2, 0.25) is 0 Å². The van der Waals surface area contributed by atoms with E-state index in [4.69, 9.17) is 0 Å². The molecule has 0 atom stereocenters. The van der Waals surface area contributed by atoms with Crippen LogP contribution >= 0.6 is 0 Å². The van der Waals surface area contributed by atoms with Gasteiger partial charge in [-0.3, -0.25) is 9.78 Å². The third-order valence-corrected chi connectivity index (χ3v) is 4.49. The van der Waals surface area contributed by atoms with Crippen LogP contribution in [0.1, 0.15) is 49.1 Å². The molecule has 3 nitrogen and oxygen atoms in total. The Hall–Kier alpha value is -2.42. The van der Waals surface area contributed by atoms with Gasteiger partial charge in [-0.05, 0) is 55.7 Å². The number of aryl methyl sites for hydroxylation is 1. The van der Waals surface area contributed by atoms with E-state index >= 15 is 0 Å². The number of carbonyl (C=O) groups is 1. The number of hydrogen-bond acceptors (Lipinski definition) is 2. The second kappa shape index (κ2) is 7.91. The molecular weight excluding hydrogens is 296 g/mol. The predicted octanol–water partition coefficient (Wildman–Crippen LogP) is 5.08. The summed E-state index contributed by atoms with van der Waals surface area (Å²) in [4.78, 5) is 16.8. The normalized spacial score (nSPS) is 15.5. The second-order valence-electron chi connectivity index (χ2n) is 6.49. The van der Waals surface area contributed by atoms with Crippen LogP contribution in [0.5, 0.6) is 0 Å². The Morgan fingerprint density at radius 2 is 1.88 bits per heavy atom. The number of amides is 1. The lowest BCUT2D eigenvalue weighted by molar-refractivity contribution is -0.120. The third-order valence-electron chi connectivity index (χ3n) is 4.49. The van der Waals surface area contributed by atoms with E-state index in [-0.39, 0.29) is 11.8 Å². The molecule has 1 aliphatic rings. The molecule has 0 spiro atoms. The molecule has 1 heterocycles. The maximum atomic E-state index is 12.4. The van der Waals surface area contributed by atoms with Crippen molar-refractivity contribution in [1.29, 1.82) is 0 Å². The van der Waals surface area contributed by atoms with E-state index in [0.717, 1.165) is 35.5 Å². The summed E-state index contributed by atoms with van der Waals surface area (Å²) in [5, 5.41) is 3.07. The van der Waals surface area contributed by atoms with E-state index in [1.54, 1.807) is 0 Å². The SMILES string of the molecule is Cc1cccc(C=Cc2cccc(NC(=O)C3CCCCC3)c2)n1. The molecule has 1 saturated carbocycles. The average Bonchev–Trinajstić information content (AvgIpc) is 2.61. The molecule has 1 aromatic heterocycles. The first-order valence-corrected chi connectivity index (χ1v) is 8.73. The molecule has 1 N–H and O–H groups in total. The molecule has 3 rings (SSSR count). The lowest BCUT2D eigenvalue weighted by Gasteiger charge is -2.20. The quantitative estimate of drug-likeness (QED) is 0.853. The first-order chi connectivity index (χ1) is 11.7. The van der Waals surface area contributed by atoms with Gasteiger partial charge in [-0.25, -0.2) is 0 Å². The summed E-state index contributed by atoms with van der Waals surface area (Å²) in [5.41, 5.74) is 3.86. The van der Waals surface area contributed by atoms with E-state index in [2.05, 4.69) is 10.3 Å². The summed E-state index contributed by atoms with van der Waals surface area (Å²) in [6.45, 7) is 1.98. The van der Waals surface area contributed by atoms with Crippen molar-refractivity contribution < 1.29 is 4.79 Å². The molecule has 1 aromatic carbocycles. The predicted molar refractivity (Wildman–Crippen MR) is 99.5 cm³/mol. The Bertz CT molecular complexity index is 730. The Labute approximate surface area is 143 Å². The molecule has 0 aliphatic heterocycles. The fourth-order valence-corrected chi connectivity index (χ4v) is 3.17. The van der Waals surface area contributed by atoms with Crippen LogP contribution in [0.3, 0.4) is 0 Å². The van der Waals surface area contributed by atoms with Crippen molar-refractivity contribution in [2.75, 3.05) is 5.32 Å². The van der Waals surface area contributed by atoms with E-state index in [1.807, 2.05) is 61.5 Å². The number of carbonyl (C=O) groups excluding carboxylic acids is 1. The maximum Gasteiger partial charge on any atom is 0.227 e. The zero-order chi connectivity index (χ0) is 16.8. The summed E-state index contributed by atoms with van der Waals surface area (Å²) in [7, 11) is 0. The van der Waals surface area contributed by atoms with Crippen molar-refractivity contribution in [3.8, 4) is 0 Å². The number of hydrogen-bond donors (Lipinski definition) is 1. The summed E-state index contributed by atoms with van der Waals surface area (Å²) < 4.78 is 0. The van der Waals surface area contributed by atoms with Gasteiger partial charge in [-0.1, -0.05) is 43.5 Å². The molecule has 1 aliphatic carbocycles. The highest BCUT2D eigenvalue weighted by Gasteiger charge is 2.20. The van der Waals surface area contributed by atoms with Gasteiger partial charge in [-0.15, -0.1) is 0 Å². The van der Waals surface area contributed by atoms with E-state index < -0.39 is 0 Å². The first kappa shape index (κ1) is 16.4. The highest BCUT2D eigenvalue weighted by atomic mass is 16.1. The standard InChI is InChI=1S/C21H24N2O/c1-16-7-5-11-19(22-16)14-13-17-8-6-12-20(15-17)23-21(24)18-9-3-2-4-10-18/h5-8,11-15,18H,2-4,9-10H2,1H3,(H,23,24). The van der Waals surface area contributed by atoms with Crippen LogP contribution in [0, 0.1) is 12.8 Å². The Kier molecular flexibility index (Phi) is 5.42. The zero-order valence-electron chi connectivity index (χ0n) is 14.2. The highest BCUT2D eigenvalue weighted by Crippen LogP contribution is 2.25. The number of benzene rings is 1. The van der Waals surface area contributed by atoms with Gasteiger partial charge in [0.25, 0.3) is 0 Å². The third kappa shape index (κ3) is 4.54. The average molecular weight is 320 g/mol. The van der Waals surface area contributed by atoms with Gasteiger partial charge in [0.1, 0.15) is 0 Å². The van der Waals surface area contributed by atoms with Gasteiger partial charge in [0.2, 0.25) is 5.91 Å². The molecule has 0 bridgehead atoms. The topological polar surface area (TPSA) is 42.0 Å². The maximum absolute atomic E-state index is 12.4.